The number of rotatable bonds is 7. The summed E-state index contributed by atoms with van der Waals surface area (Å²) in [5.41, 5.74) is 3.99. The summed E-state index contributed by atoms with van der Waals surface area (Å²) < 4.78 is 0. The van der Waals surface area contributed by atoms with Crippen molar-refractivity contribution < 1.29 is 9.59 Å². The van der Waals surface area contributed by atoms with Gasteiger partial charge in [-0.25, -0.2) is 0 Å². The predicted octanol–water partition coefficient (Wildman–Crippen LogP) is 3.30. The Kier molecular flexibility index (Phi) is 7.82. The Labute approximate surface area is 185 Å². The maximum Gasteiger partial charge on any atom is 0.241 e. The van der Waals surface area contributed by atoms with Crippen LogP contribution in [0.25, 0.3) is 0 Å². The van der Waals surface area contributed by atoms with E-state index < -0.39 is 0 Å². The maximum atomic E-state index is 13.0. The summed E-state index contributed by atoms with van der Waals surface area (Å²) in [4.78, 5) is 31.7. The molecule has 3 rings (SSSR count). The molecule has 1 aliphatic rings. The third-order valence-electron chi connectivity index (χ3n) is 5.76. The van der Waals surface area contributed by atoms with Gasteiger partial charge in [0.1, 0.15) is 0 Å². The number of nitrogens with one attached hydrogen (secondary N) is 1. The number of nitrogens with zero attached hydrogens (tertiary/aromatic N) is 3. The first-order chi connectivity index (χ1) is 14.8. The molecule has 0 unspecified atom stereocenters. The molecule has 6 nitrogen and oxygen atoms in total. The number of anilines is 2. The van der Waals surface area contributed by atoms with Gasteiger partial charge in [0.2, 0.25) is 11.8 Å². The molecule has 0 bridgehead atoms. The first-order valence-electron chi connectivity index (χ1n) is 11.0. The van der Waals surface area contributed by atoms with E-state index in [4.69, 9.17) is 0 Å². The van der Waals surface area contributed by atoms with Crippen LogP contribution in [0.4, 0.5) is 11.4 Å². The number of hydrogen-bond acceptors (Lipinski definition) is 4. The third-order valence-corrected chi connectivity index (χ3v) is 5.76. The lowest BCUT2D eigenvalue weighted by Crippen LogP contribution is -2.52. The summed E-state index contributed by atoms with van der Waals surface area (Å²) in [6.45, 7) is 12.0. The van der Waals surface area contributed by atoms with Gasteiger partial charge in [-0.15, -0.1) is 0 Å². The third kappa shape index (κ3) is 6.15. The molecule has 0 atom stereocenters. The second-order valence-corrected chi connectivity index (χ2v) is 8.56. The maximum absolute atomic E-state index is 13.0. The molecule has 0 radical (unpaired) electrons. The summed E-state index contributed by atoms with van der Waals surface area (Å²) in [5, 5.41) is 3.06. The van der Waals surface area contributed by atoms with E-state index in [1.807, 2.05) is 81.1 Å². The van der Waals surface area contributed by atoms with Crippen molar-refractivity contribution in [3.8, 4) is 0 Å². The first kappa shape index (κ1) is 23.0. The quantitative estimate of drug-likeness (QED) is 0.744. The smallest absolute Gasteiger partial charge is 0.241 e. The number of aryl methyl sites for hydroxylation is 2. The van der Waals surface area contributed by atoms with E-state index in [0.29, 0.717) is 13.1 Å². The lowest BCUT2D eigenvalue weighted by Gasteiger charge is -2.36. The monoisotopic (exact) mass is 422 g/mol. The molecule has 1 heterocycles. The molecule has 1 fully saturated rings. The summed E-state index contributed by atoms with van der Waals surface area (Å²) in [5.74, 6) is 0.124. The topological polar surface area (TPSA) is 55.9 Å². The van der Waals surface area contributed by atoms with Gasteiger partial charge in [-0.1, -0.05) is 36.4 Å². The van der Waals surface area contributed by atoms with E-state index >= 15 is 0 Å². The van der Waals surface area contributed by atoms with E-state index in [1.54, 1.807) is 0 Å². The second-order valence-electron chi connectivity index (χ2n) is 8.56. The Bertz CT molecular complexity index is 869. The summed E-state index contributed by atoms with van der Waals surface area (Å²) in [6, 6.07) is 15.9. The van der Waals surface area contributed by atoms with Crippen LogP contribution in [-0.4, -0.2) is 66.9 Å². The summed E-state index contributed by atoms with van der Waals surface area (Å²) in [6.07, 6.45) is 0. The van der Waals surface area contributed by atoms with Gasteiger partial charge < -0.3 is 10.2 Å². The average Bonchev–Trinajstić information content (AvgIpc) is 2.73. The van der Waals surface area contributed by atoms with Crippen molar-refractivity contribution >= 4 is 23.2 Å². The Hall–Kier alpha value is -2.70. The number of carbonyl (C=O) groups excluding carboxylic acids is 2. The Morgan fingerprint density at radius 1 is 0.871 bits per heavy atom. The highest BCUT2D eigenvalue weighted by atomic mass is 16.2. The number of piperazine rings is 1. The van der Waals surface area contributed by atoms with E-state index in [9.17, 15) is 9.59 Å². The van der Waals surface area contributed by atoms with Crippen molar-refractivity contribution in [2.45, 2.75) is 33.7 Å². The van der Waals surface area contributed by atoms with Gasteiger partial charge in [0.05, 0.1) is 13.1 Å². The minimum Gasteiger partial charge on any atom is -0.324 e. The lowest BCUT2D eigenvalue weighted by atomic mass is 10.1. The van der Waals surface area contributed by atoms with E-state index in [2.05, 4.69) is 15.1 Å². The van der Waals surface area contributed by atoms with Gasteiger partial charge in [-0.05, 0) is 51.0 Å². The standard InChI is InChI=1S/C25H34N4O2/c1-19(2)29(22-11-6-5-7-12-22)24(31)18-28-15-13-27(14-16-28)17-23(30)26-25-20(3)9-8-10-21(25)4/h5-12,19H,13-18H2,1-4H3,(H,26,30). The second kappa shape index (κ2) is 10.6. The van der Waals surface area contributed by atoms with Crippen LogP contribution in [0.5, 0.6) is 0 Å². The number of benzene rings is 2. The molecule has 2 amide bonds. The Balaban J connectivity index is 1.49. The number of carbonyl (C=O) groups is 2. The van der Waals surface area contributed by atoms with Crippen molar-refractivity contribution in [2.24, 2.45) is 0 Å². The van der Waals surface area contributed by atoms with E-state index in [1.165, 1.54) is 0 Å². The normalized spacial score (nSPS) is 15.1. The fraction of sp³-hybridized carbons (Fsp3) is 0.440. The highest BCUT2D eigenvalue weighted by molar-refractivity contribution is 5.95. The van der Waals surface area contributed by atoms with E-state index in [0.717, 1.165) is 48.7 Å². The van der Waals surface area contributed by atoms with Gasteiger partial charge in [-0.3, -0.25) is 19.4 Å². The van der Waals surface area contributed by atoms with Crippen LogP contribution in [0.15, 0.2) is 48.5 Å². The molecule has 166 valence electrons. The van der Waals surface area contributed by atoms with Crippen molar-refractivity contribution in [3.05, 3.63) is 59.7 Å². The fourth-order valence-electron chi connectivity index (χ4n) is 4.09. The zero-order valence-electron chi connectivity index (χ0n) is 19.1. The van der Waals surface area contributed by atoms with Crippen LogP contribution < -0.4 is 10.2 Å². The number of para-hydroxylation sites is 2. The van der Waals surface area contributed by atoms with Crippen LogP contribution in [0, 0.1) is 13.8 Å². The molecular weight excluding hydrogens is 388 g/mol. The largest absolute Gasteiger partial charge is 0.324 e. The van der Waals surface area contributed by atoms with Crippen molar-refractivity contribution in [1.29, 1.82) is 0 Å². The molecule has 0 aromatic heterocycles. The zero-order chi connectivity index (χ0) is 22.4. The van der Waals surface area contributed by atoms with Crippen LogP contribution >= 0.6 is 0 Å². The van der Waals surface area contributed by atoms with Gasteiger partial charge in [0, 0.05) is 43.6 Å². The van der Waals surface area contributed by atoms with Crippen LogP contribution in [0.1, 0.15) is 25.0 Å². The fourth-order valence-corrected chi connectivity index (χ4v) is 4.09. The zero-order valence-corrected chi connectivity index (χ0v) is 19.1. The molecule has 31 heavy (non-hydrogen) atoms. The number of hydrogen-bond donors (Lipinski definition) is 1. The average molecular weight is 423 g/mol. The van der Waals surface area contributed by atoms with Crippen LogP contribution in [0.2, 0.25) is 0 Å². The predicted molar refractivity (Wildman–Crippen MR) is 126 cm³/mol. The highest BCUT2D eigenvalue weighted by Gasteiger charge is 2.25. The van der Waals surface area contributed by atoms with Gasteiger partial charge in [0.15, 0.2) is 0 Å². The molecule has 0 saturated carbocycles. The van der Waals surface area contributed by atoms with Crippen LogP contribution in [0.3, 0.4) is 0 Å². The van der Waals surface area contributed by atoms with Gasteiger partial charge in [-0.2, -0.15) is 0 Å². The molecule has 1 N–H and O–H groups in total. The Morgan fingerprint density at radius 3 is 1.97 bits per heavy atom. The minimum absolute atomic E-state index is 0.0111. The molecular formula is C25H34N4O2. The van der Waals surface area contributed by atoms with Gasteiger partial charge >= 0.3 is 0 Å². The Morgan fingerprint density at radius 2 is 1.42 bits per heavy atom. The molecule has 2 aromatic carbocycles. The molecule has 6 heteroatoms. The molecule has 1 saturated heterocycles. The van der Waals surface area contributed by atoms with Crippen molar-refractivity contribution in [1.82, 2.24) is 9.80 Å². The summed E-state index contributed by atoms with van der Waals surface area (Å²) >= 11 is 0. The van der Waals surface area contributed by atoms with Crippen LogP contribution in [-0.2, 0) is 9.59 Å². The minimum atomic E-state index is 0.0111. The first-order valence-corrected chi connectivity index (χ1v) is 11.0. The van der Waals surface area contributed by atoms with Crippen molar-refractivity contribution in [3.63, 3.8) is 0 Å². The molecule has 0 aliphatic carbocycles. The molecule has 1 aliphatic heterocycles. The van der Waals surface area contributed by atoms with Gasteiger partial charge in [0.25, 0.3) is 0 Å². The highest BCUT2D eigenvalue weighted by Crippen LogP contribution is 2.20. The SMILES string of the molecule is Cc1cccc(C)c1NC(=O)CN1CCN(CC(=O)N(c2ccccc2)C(C)C)CC1. The molecule has 2 aromatic rings. The van der Waals surface area contributed by atoms with E-state index in [-0.39, 0.29) is 17.9 Å². The summed E-state index contributed by atoms with van der Waals surface area (Å²) in [7, 11) is 0. The lowest BCUT2D eigenvalue weighted by molar-refractivity contribution is -0.121. The molecule has 0 spiro atoms. The number of amides is 2. The van der Waals surface area contributed by atoms with Crippen molar-refractivity contribution in [2.75, 3.05) is 49.5 Å².